The highest BCUT2D eigenvalue weighted by Gasteiger charge is 2.16. The van der Waals surface area contributed by atoms with Gasteiger partial charge in [-0.3, -0.25) is 4.98 Å². The van der Waals surface area contributed by atoms with Crippen molar-refractivity contribution < 1.29 is 0 Å². The maximum atomic E-state index is 4.79. The van der Waals surface area contributed by atoms with Crippen molar-refractivity contribution in [2.45, 2.75) is 26.4 Å². The van der Waals surface area contributed by atoms with Crippen molar-refractivity contribution in [3.8, 4) is 0 Å². The van der Waals surface area contributed by atoms with Crippen LogP contribution in [0.15, 0.2) is 54.7 Å². The van der Waals surface area contributed by atoms with Gasteiger partial charge in [0.1, 0.15) is 11.6 Å². The number of aromatic nitrogens is 4. The van der Waals surface area contributed by atoms with Gasteiger partial charge in [-0.25, -0.2) is 9.97 Å². The lowest BCUT2D eigenvalue weighted by molar-refractivity contribution is 0.672. The molecule has 0 saturated carbocycles. The summed E-state index contributed by atoms with van der Waals surface area (Å²) in [5.41, 5.74) is 3.97. The van der Waals surface area contributed by atoms with Gasteiger partial charge in [-0.2, -0.15) is 0 Å². The molecule has 1 atom stereocenters. The van der Waals surface area contributed by atoms with E-state index in [4.69, 9.17) is 4.98 Å². The fourth-order valence-electron chi connectivity index (χ4n) is 3.07. The summed E-state index contributed by atoms with van der Waals surface area (Å²) in [6.07, 6.45) is 1.78. The highest BCUT2D eigenvalue weighted by molar-refractivity contribution is 5.76. The zero-order chi connectivity index (χ0) is 16.5. The van der Waals surface area contributed by atoms with Gasteiger partial charge in [-0.1, -0.05) is 24.3 Å². The van der Waals surface area contributed by atoms with Crippen LogP contribution in [0.5, 0.6) is 0 Å². The van der Waals surface area contributed by atoms with E-state index in [1.807, 2.05) is 42.5 Å². The molecule has 2 heterocycles. The van der Waals surface area contributed by atoms with Crippen molar-refractivity contribution in [1.82, 2.24) is 19.5 Å². The van der Waals surface area contributed by atoms with Gasteiger partial charge >= 0.3 is 0 Å². The quantitative estimate of drug-likeness (QED) is 0.613. The van der Waals surface area contributed by atoms with E-state index in [1.165, 1.54) is 0 Å². The van der Waals surface area contributed by atoms with Gasteiger partial charge in [0, 0.05) is 6.54 Å². The fraction of sp³-hybridized carbons (Fsp3) is 0.211. The zero-order valence-corrected chi connectivity index (χ0v) is 13.8. The average molecular weight is 317 g/mol. The normalized spacial score (nSPS) is 12.6. The van der Waals surface area contributed by atoms with Crippen LogP contribution in [0.4, 0.5) is 5.82 Å². The van der Waals surface area contributed by atoms with Crippen LogP contribution in [-0.4, -0.2) is 19.5 Å². The molecule has 2 aromatic heterocycles. The maximum Gasteiger partial charge on any atom is 0.145 e. The van der Waals surface area contributed by atoms with Crippen LogP contribution in [0.2, 0.25) is 0 Å². The highest BCUT2D eigenvalue weighted by atomic mass is 15.1. The van der Waals surface area contributed by atoms with Crippen LogP contribution < -0.4 is 5.32 Å². The molecule has 0 saturated heterocycles. The second kappa shape index (κ2) is 5.92. The van der Waals surface area contributed by atoms with Crippen LogP contribution in [0, 0.1) is 0 Å². The molecule has 0 spiro atoms. The molecule has 0 aliphatic rings. The maximum absolute atomic E-state index is 4.79. The molecule has 120 valence electrons. The zero-order valence-electron chi connectivity index (χ0n) is 13.8. The largest absolute Gasteiger partial charge is 0.359 e. The second-order valence-corrected chi connectivity index (χ2v) is 5.81. The molecule has 4 aromatic rings. The molecule has 0 amide bonds. The van der Waals surface area contributed by atoms with Gasteiger partial charge in [0.05, 0.1) is 34.3 Å². The number of anilines is 1. The molecular weight excluding hydrogens is 298 g/mol. The van der Waals surface area contributed by atoms with Gasteiger partial charge in [0.2, 0.25) is 0 Å². The molecule has 0 fully saturated rings. The Balaban J connectivity index is 1.69. The van der Waals surface area contributed by atoms with Crippen molar-refractivity contribution in [2.24, 2.45) is 0 Å². The van der Waals surface area contributed by atoms with Crippen molar-refractivity contribution in [1.29, 1.82) is 0 Å². The number of hydrogen-bond donors (Lipinski definition) is 1. The summed E-state index contributed by atoms with van der Waals surface area (Å²) >= 11 is 0. The first kappa shape index (κ1) is 14.6. The molecule has 0 bridgehead atoms. The van der Waals surface area contributed by atoms with E-state index in [1.54, 1.807) is 6.20 Å². The predicted octanol–water partition coefficient (Wildman–Crippen LogP) is 4.17. The van der Waals surface area contributed by atoms with E-state index in [2.05, 4.69) is 39.8 Å². The number of imidazole rings is 1. The van der Waals surface area contributed by atoms with Gasteiger partial charge < -0.3 is 9.88 Å². The standard InChI is InChI=1S/C19H19N5/c1-3-24-17-11-7-6-10-16(17)23-19(24)13(2)21-18-12-20-14-8-4-5-9-15(14)22-18/h4-13H,3H2,1-2H3,(H,21,22)/t13-/m0/s1. The molecule has 0 aliphatic carbocycles. The number of nitrogens with zero attached hydrogens (tertiary/aromatic N) is 4. The monoisotopic (exact) mass is 317 g/mol. The Bertz CT molecular complexity index is 1000. The predicted molar refractivity (Wildman–Crippen MR) is 97.0 cm³/mol. The van der Waals surface area contributed by atoms with Crippen LogP contribution in [-0.2, 0) is 6.54 Å². The van der Waals surface area contributed by atoms with E-state index < -0.39 is 0 Å². The minimum absolute atomic E-state index is 0.0350. The topological polar surface area (TPSA) is 55.6 Å². The van der Waals surface area contributed by atoms with Crippen LogP contribution in [0.1, 0.15) is 25.7 Å². The number of para-hydroxylation sites is 4. The fourth-order valence-corrected chi connectivity index (χ4v) is 3.07. The smallest absolute Gasteiger partial charge is 0.145 e. The molecule has 0 radical (unpaired) electrons. The summed E-state index contributed by atoms with van der Waals surface area (Å²) in [5.74, 6) is 1.77. The molecular formula is C19H19N5. The summed E-state index contributed by atoms with van der Waals surface area (Å²) in [5, 5.41) is 3.43. The molecule has 0 unspecified atom stereocenters. The van der Waals surface area contributed by atoms with Gasteiger partial charge in [0.25, 0.3) is 0 Å². The number of aryl methyl sites for hydroxylation is 1. The molecule has 5 heteroatoms. The summed E-state index contributed by atoms with van der Waals surface area (Å²) in [4.78, 5) is 13.9. The van der Waals surface area contributed by atoms with Crippen molar-refractivity contribution >= 4 is 27.9 Å². The molecule has 1 N–H and O–H groups in total. The van der Waals surface area contributed by atoms with E-state index in [-0.39, 0.29) is 6.04 Å². The number of hydrogen-bond acceptors (Lipinski definition) is 4. The molecule has 24 heavy (non-hydrogen) atoms. The van der Waals surface area contributed by atoms with Crippen molar-refractivity contribution in [2.75, 3.05) is 5.32 Å². The molecule has 5 nitrogen and oxygen atoms in total. The Morgan fingerprint density at radius 3 is 2.46 bits per heavy atom. The van der Waals surface area contributed by atoms with Crippen LogP contribution in [0.3, 0.4) is 0 Å². The number of fused-ring (bicyclic) bond motifs is 2. The Morgan fingerprint density at radius 2 is 1.67 bits per heavy atom. The van der Waals surface area contributed by atoms with Crippen LogP contribution >= 0.6 is 0 Å². The van der Waals surface area contributed by atoms with Crippen molar-refractivity contribution in [3.05, 3.63) is 60.6 Å². The highest BCUT2D eigenvalue weighted by Crippen LogP contribution is 2.23. The van der Waals surface area contributed by atoms with E-state index in [9.17, 15) is 0 Å². The average Bonchev–Trinajstić information content (AvgIpc) is 3.00. The van der Waals surface area contributed by atoms with Crippen LogP contribution in [0.25, 0.3) is 22.1 Å². The lowest BCUT2D eigenvalue weighted by Gasteiger charge is -2.16. The van der Waals surface area contributed by atoms with Gasteiger partial charge in [-0.05, 0) is 38.1 Å². The number of benzene rings is 2. The van der Waals surface area contributed by atoms with E-state index >= 15 is 0 Å². The Morgan fingerprint density at radius 1 is 0.958 bits per heavy atom. The Labute approximate surface area is 140 Å². The lowest BCUT2D eigenvalue weighted by atomic mass is 10.3. The second-order valence-electron chi connectivity index (χ2n) is 5.81. The summed E-state index contributed by atoms with van der Waals surface area (Å²) in [6.45, 7) is 5.12. The minimum Gasteiger partial charge on any atom is -0.359 e. The number of nitrogens with one attached hydrogen (secondary N) is 1. The van der Waals surface area contributed by atoms with E-state index in [0.29, 0.717) is 0 Å². The third-order valence-electron chi connectivity index (χ3n) is 4.20. The Hall–Kier alpha value is -2.95. The van der Waals surface area contributed by atoms with Gasteiger partial charge in [-0.15, -0.1) is 0 Å². The molecule has 4 rings (SSSR count). The van der Waals surface area contributed by atoms with E-state index in [0.717, 1.165) is 40.3 Å². The summed E-state index contributed by atoms with van der Waals surface area (Å²) in [7, 11) is 0. The minimum atomic E-state index is 0.0350. The van der Waals surface area contributed by atoms with Gasteiger partial charge in [0.15, 0.2) is 0 Å². The third kappa shape index (κ3) is 2.48. The molecule has 2 aromatic carbocycles. The summed E-state index contributed by atoms with van der Waals surface area (Å²) < 4.78 is 2.24. The number of rotatable bonds is 4. The lowest BCUT2D eigenvalue weighted by Crippen LogP contribution is -2.14. The Kier molecular flexibility index (Phi) is 3.61. The summed E-state index contributed by atoms with van der Waals surface area (Å²) in [6, 6.07) is 16.1. The van der Waals surface area contributed by atoms with Crippen molar-refractivity contribution in [3.63, 3.8) is 0 Å². The first-order valence-corrected chi connectivity index (χ1v) is 8.19. The SMILES string of the molecule is CCn1c([C@H](C)Nc2cnc3ccccc3n2)nc2ccccc21. The first-order chi connectivity index (χ1) is 11.8. The first-order valence-electron chi connectivity index (χ1n) is 8.19. The molecule has 0 aliphatic heterocycles. The third-order valence-corrected chi connectivity index (χ3v) is 4.20.